The molecule has 4 aromatic carbocycles. The topological polar surface area (TPSA) is 42.0 Å². The summed E-state index contributed by atoms with van der Waals surface area (Å²) >= 11 is 14.3. The van der Waals surface area contributed by atoms with E-state index in [1.54, 1.807) is 18.2 Å². The van der Waals surface area contributed by atoms with Crippen LogP contribution in [0.5, 0.6) is 0 Å². The Kier molecular flexibility index (Phi) is 4.91. The summed E-state index contributed by atoms with van der Waals surface area (Å²) in [5.41, 5.74) is 2.64. The van der Waals surface area contributed by atoms with E-state index < -0.39 is 0 Å². The van der Waals surface area contributed by atoms with Crippen LogP contribution in [-0.4, -0.2) is 10.9 Å². The average Bonchev–Trinajstić information content (AvgIpc) is 3.19. The van der Waals surface area contributed by atoms with E-state index in [-0.39, 0.29) is 5.91 Å². The molecule has 0 radical (unpaired) electrons. The molecule has 6 heteroatoms. The molecule has 0 bridgehead atoms. The zero-order valence-electron chi connectivity index (χ0n) is 15.5. The van der Waals surface area contributed by atoms with Crippen molar-refractivity contribution in [1.29, 1.82) is 0 Å². The Morgan fingerprint density at radius 3 is 2.47 bits per heavy atom. The highest BCUT2D eigenvalue weighted by atomic mass is 35.5. The van der Waals surface area contributed by atoms with Crippen LogP contribution < -0.4 is 5.32 Å². The number of thiazole rings is 1. The summed E-state index contributed by atoms with van der Waals surface area (Å²) in [4.78, 5) is 17.7. The maximum Gasteiger partial charge on any atom is 0.255 e. The van der Waals surface area contributed by atoms with Crippen LogP contribution in [0.15, 0.2) is 78.9 Å². The maximum atomic E-state index is 13.0. The molecule has 30 heavy (non-hydrogen) atoms. The largest absolute Gasteiger partial charge is 0.320 e. The van der Waals surface area contributed by atoms with Crippen molar-refractivity contribution in [2.75, 3.05) is 5.32 Å². The molecule has 146 valence electrons. The van der Waals surface area contributed by atoms with Gasteiger partial charge in [-0.3, -0.25) is 4.79 Å². The predicted octanol–water partition coefficient (Wildman–Crippen LogP) is 7.68. The molecular formula is C24H14Cl2N2OS. The van der Waals surface area contributed by atoms with E-state index in [0.717, 1.165) is 26.0 Å². The molecule has 0 saturated heterocycles. The molecule has 0 atom stereocenters. The molecular weight excluding hydrogens is 435 g/mol. The first-order chi connectivity index (χ1) is 14.6. The first kappa shape index (κ1) is 19.1. The Hall–Kier alpha value is -2.92. The van der Waals surface area contributed by atoms with Crippen molar-refractivity contribution in [3.63, 3.8) is 0 Å². The number of rotatable bonds is 3. The minimum Gasteiger partial charge on any atom is -0.320 e. The molecule has 1 N–H and O–H groups in total. The van der Waals surface area contributed by atoms with Gasteiger partial charge < -0.3 is 5.32 Å². The third kappa shape index (κ3) is 3.54. The van der Waals surface area contributed by atoms with Gasteiger partial charge in [-0.1, -0.05) is 65.7 Å². The number of fused-ring (bicyclic) bond motifs is 2. The van der Waals surface area contributed by atoms with Gasteiger partial charge in [0, 0.05) is 16.1 Å². The molecule has 5 aromatic rings. The number of benzene rings is 4. The van der Waals surface area contributed by atoms with E-state index >= 15 is 0 Å². The molecule has 0 saturated carbocycles. The zero-order chi connectivity index (χ0) is 20.7. The SMILES string of the molecule is O=C(Nc1c(Cl)cc(Cl)cc1-c1nc2ccccc2s1)c1ccc2ccccc2c1. The van der Waals surface area contributed by atoms with Crippen LogP contribution in [0.4, 0.5) is 5.69 Å². The molecule has 0 spiro atoms. The number of carbonyl (C=O) groups is 1. The van der Waals surface area contributed by atoms with Gasteiger partial charge in [-0.05, 0) is 47.2 Å². The molecule has 1 aromatic heterocycles. The van der Waals surface area contributed by atoms with Crippen LogP contribution in [0, 0.1) is 0 Å². The fourth-order valence-corrected chi connectivity index (χ4v) is 4.90. The smallest absolute Gasteiger partial charge is 0.255 e. The third-order valence-electron chi connectivity index (χ3n) is 4.83. The quantitative estimate of drug-likeness (QED) is 0.307. The standard InChI is InChI=1S/C24H14Cl2N2OS/c25-17-12-18(24-27-20-7-3-4-8-21(20)30-24)22(19(26)13-17)28-23(29)16-10-9-14-5-1-2-6-15(14)11-16/h1-13H,(H,28,29). The fraction of sp³-hybridized carbons (Fsp3) is 0. The van der Waals surface area contributed by atoms with E-state index in [9.17, 15) is 4.79 Å². The van der Waals surface area contributed by atoms with Gasteiger partial charge >= 0.3 is 0 Å². The van der Waals surface area contributed by atoms with Crippen LogP contribution in [-0.2, 0) is 0 Å². The van der Waals surface area contributed by atoms with Crippen molar-refractivity contribution in [3.05, 3.63) is 94.5 Å². The monoisotopic (exact) mass is 448 g/mol. The second kappa shape index (κ2) is 7.73. The third-order valence-corrected chi connectivity index (χ3v) is 6.42. The number of carbonyl (C=O) groups excluding carboxylic acids is 1. The minimum atomic E-state index is -0.243. The number of halogens is 2. The van der Waals surface area contributed by atoms with Crippen molar-refractivity contribution in [2.45, 2.75) is 0 Å². The van der Waals surface area contributed by atoms with E-state index in [2.05, 4.69) is 5.32 Å². The average molecular weight is 449 g/mol. The van der Waals surface area contributed by atoms with Gasteiger partial charge in [0.15, 0.2) is 0 Å². The van der Waals surface area contributed by atoms with Gasteiger partial charge in [-0.2, -0.15) is 0 Å². The highest BCUT2D eigenvalue weighted by Gasteiger charge is 2.18. The second-order valence-corrected chi connectivity index (χ2v) is 8.69. The summed E-state index contributed by atoms with van der Waals surface area (Å²) in [5, 5.41) is 6.64. The highest BCUT2D eigenvalue weighted by Crippen LogP contribution is 2.40. The number of amides is 1. The van der Waals surface area contributed by atoms with Crippen LogP contribution >= 0.6 is 34.5 Å². The predicted molar refractivity (Wildman–Crippen MR) is 127 cm³/mol. The van der Waals surface area contributed by atoms with Gasteiger partial charge in [0.1, 0.15) is 5.01 Å². The van der Waals surface area contributed by atoms with Gasteiger partial charge in [-0.15, -0.1) is 11.3 Å². The van der Waals surface area contributed by atoms with Crippen LogP contribution in [0.3, 0.4) is 0 Å². The van der Waals surface area contributed by atoms with E-state index in [1.807, 2.05) is 60.7 Å². The molecule has 1 amide bonds. The highest BCUT2D eigenvalue weighted by molar-refractivity contribution is 7.21. The Morgan fingerprint density at radius 2 is 1.63 bits per heavy atom. The lowest BCUT2D eigenvalue weighted by Crippen LogP contribution is -2.13. The molecule has 3 nitrogen and oxygen atoms in total. The number of hydrogen-bond donors (Lipinski definition) is 1. The Labute approximate surface area is 186 Å². The molecule has 0 aliphatic heterocycles. The first-order valence-corrected chi connectivity index (χ1v) is 10.8. The lowest BCUT2D eigenvalue weighted by Gasteiger charge is -2.13. The van der Waals surface area contributed by atoms with Crippen molar-refractivity contribution >= 4 is 67.1 Å². The number of hydrogen-bond acceptors (Lipinski definition) is 3. The zero-order valence-corrected chi connectivity index (χ0v) is 17.9. The van der Waals surface area contributed by atoms with Crippen molar-refractivity contribution in [1.82, 2.24) is 4.98 Å². The van der Waals surface area contributed by atoms with Crippen LogP contribution in [0.25, 0.3) is 31.6 Å². The van der Waals surface area contributed by atoms with E-state index in [1.165, 1.54) is 11.3 Å². The number of anilines is 1. The number of nitrogens with zero attached hydrogens (tertiary/aromatic N) is 1. The van der Waals surface area contributed by atoms with E-state index in [4.69, 9.17) is 28.2 Å². The van der Waals surface area contributed by atoms with Gasteiger partial charge in [-0.25, -0.2) is 4.98 Å². The summed E-state index contributed by atoms with van der Waals surface area (Å²) in [6, 6.07) is 24.8. The molecule has 0 fully saturated rings. The molecule has 0 aliphatic rings. The number of aromatic nitrogens is 1. The lowest BCUT2D eigenvalue weighted by molar-refractivity contribution is 0.102. The Balaban J connectivity index is 1.57. The molecule has 0 unspecified atom stereocenters. The second-order valence-electron chi connectivity index (χ2n) is 6.81. The minimum absolute atomic E-state index is 0.243. The Morgan fingerprint density at radius 1 is 0.867 bits per heavy atom. The molecule has 1 heterocycles. The summed E-state index contributed by atoms with van der Waals surface area (Å²) in [5.74, 6) is -0.243. The van der Waals surface area contributed by atoms with Gasteiger partial charge in [0.2, 0.25) is 0 Å². The number of para-hydroxylation sites is 1. The summed E-state index contributed by atoms with van der Waals surface area (Å²) in [7, 11) is 0. The van der Waals surface area contributed by atoms with Gasteiger partial charge in [0.25, 0.3) is 5.91 Å². The molecule has 0 aliphatic carbocycles. The Bertz CT molecular complexity index is 1390. The number of nitrogens with one attached hydrogen (secondary N) is 1. The van der Waals surface area contributed by atoms with Crippen LogP contribution in [0.1, 0.15) is 10.4 Å². The summed E-state index contributed by atoms with van der Waals surface area (Å²) in [6.45, 7) is 0. The summed E-state index contributed by atoms with van der Waals surface area (Å²) < 4.78 is 1.05. The maximum absolute atomic E-state index is 13.0. The lowest BCUT2D eigenvalue weighted by atomic mass is 10.1. The van der Waals surface area contributed by atoms with Crippen molar-refractivity contribution in [2.24, 2.45) is 0 Å². The van der Waals surface area contributed by atoms with Crippen LogP contribution in [0.2, 0.25) is 10.0 Å². The van der Waals surface area contributed by atoms with Crippen molar-refractivity contribution in [3.8, 4) is 10.6 Å². The fourth-order valence-electron chi connectivity index (χ4n) is 3.37. The normalized spacial score (nSPS) is 11.1. The van der Waals surface area contributed by atoms with E-state index in [0.29, 0.717) is 26.9 Å². The summed E-state index contributed by atoms with van der Waals surface area (Å²) in [6.07, 6.45) is 0. The first-order valence-electron chi connectivity index (χ1n) is 9.23. The van der Waals surface area contributed by atoms with Gasteiger partial charge in [0.05, 0.1) is 20.9 Å². The van der Waals surface area contributed by atoms with Crippen molar-refractivity contribution < 1.29 is 4.79 Å². The molecule has 5 rings (SSSR count).